The normalized spacial score (nSPS) is 18.8. The molecule has 5 heteroatoms. The van der Waals surface area contributed by atoms with Crippen molar-refractivity contribution in [3.05, 3.63) is 22.4 Å². The van der Waals surface area contributed by atoms with Crippen LogP contribution in [0.25, 0.3) is 0 Å². The Kier molecular flexibility index (Phi) is 5.18. The van der Waals surface area contributed by atoms with E-state index in [0.29, 0.717) is 12.6 Å². The number of morpholine rings is 1. The van der Waals surface area contributed by atoms with Crippen molar-refractivity contribution in [2.45, 2.75) is 26.8 Å². The lowest BCUT2D eigenvalue weighted by Crippen LogP contribution is -3.15. The molecule has 0 spiro atoms. The Hall–Kier alpha value is -0.910. The lowest BCUT2D eigenvalue weighted by molar-refractivity contribution is -0.937. The highest BCUT2D eigenvalue weighted by atomic mass is 32.1. The van der Waals surface area contributed by atoms with E-state index in [9.17, 15) is 4.79 Å². The van der Waals surface area contributed by atoms with Gasteiger partial charge in [0.15, 0.2) is 0 Å². The van der Waals surface area contributed by atoms with Gasteiger partial charge >= 0.3 is 0 Å². The Morgan fingerprint density at radius 1 is 1.45 bits per heavy atom. The molecule has 20 heavy (non-hydrogen) atoms. The molecule has 1 fully saturated rings. The van der Waals surface area contributed by atoms with Crippen LogP contribution in [0.2, 0.25) is 0 Å². The largest absolute Gasteiger partial charge is 0.370 e. The summed E-state index contributed by atoms with van der Waals surface area (Å²) >= 11 is 1.77. The number of hydrogen-bond donors (Lipinski definition) is 2. The molecule has 0 saturated carbocycles. The zero-order valence-corrected chi connectivity index (χ0v) is 13.4. The van der Waals surface area contributed by atoms with E-state index in [1.807, 2.05) is 20.8 Å². The molecule has 0 bridgehead atoms. The molecule has 1 aromatic heterocycles. The van der Waals surface area contributed by atoms with Crippen molar-refractivity contribution in [1.82, 2.24) is 5.32 Å². The van der Waals surface area contributed by atoms with Crippen LogP contribution < -0.4 is 10.2 Å². The van der Waals surface area contributed by atoms with Crippen LogP contribution in [-0.2, 0) is 9.53 Å². The highest BCUT2D eigenvalue weighted by Crippen LogP contribution is 2.17. The van der Waals surface area contributed by atoms with Crippen LogP contribution >= 0.6 is 11.3 Å². The van der Waals surface area contributed by atoms with Crippen LogP contribution in [0.15, 0.2) is 17.5 Å². The second kappa shape index (κ2) is 6.70. The Balaban J connectivity index is 2.02. The standard InChI is InChI=1S/C15H24N2O2S/c1-15(2,3)14(18)16-11-12(13-5-4-10-20-13)17-6-8-19-9-7-17/h4-5,10,12H,6-9,11H2,1-3H3,(H,16,18)/p+1/t12-/m0/s1. The summed E-state index contributed by atoms with van der Waals surface area (Å²) in [5, 5.41) is 5.22. The third kappa shape index (κ3) is 4.04. The molecule has 2 rings (SSSR count). The Bertz CT molecular complexity index is 420. The number of carbonyl (C=O) groups is 1. The van der Waals surface area contributed by atoms with Crippen molar-refractivity contribution in [3.63, 3.8) is 0 Å². The fraction of sp³-hybridized carbons (Fsp3) is 0.667. The maximum Gasteiger partial charge on any atom is 0.225 e. The Labute approximate surface area is 125 Å². The van der Waals surface area contributed by atoms with Crippen LogP contribution in [0.3, 0.4) is 0 Å². The van der Waals surface area contributed by atoms with E-state index in [2.05, 4.69) is 22.8 Å². The summed E-state index contributed by atoms with van der Waals surface area (Å²) in [6.45, 7) is 10.2. The minimum Gasteiger partial charge on any atom is -0.370 e. The maximum absolute atomic E-state index is 12.1. The van der Waals surface area contributed by atoms with Gasteiger partial charge in [0.1, 0.15) is 19.1 Å². The van der Waals surface area contributed by atoms with E-state index in [0.717, 1.165) is 26.3 Å². The van der Waals surface area contributed by atoms with E-state index in [1.54, 1.807) is 11.3 Å². The first-order chi connectivity index (χ1) is 9.48. The number of rotatable bonds is 4. The molecule has 0 radical (unpaired) electrons. The summed E-state index contributed by atoms with van der Waals surface area (Å²) in [5.74, 6) is 0.117. The lowest BCUT2D eigenvalue weighted by Gasteiger charge is -2.31. The van der Waals surface area contributed by atoms with Crippen LogP contribution in [0.5, 0.6) is 0 Å². The zero-order valence-electron chi connectivity index (χ0n) is 12.6. The number of quaternary nitrogens is 1. The second-order valence-electron chi connectivity index (χ2n) is 6.30. The summed E-state index contributed by atoms with van der Waals surface area (Å²) < 4.78 is 5.44. The highest BCUT2D eigenvalue weighted by Gasteiger charge is 2.29. The molecule has 0 aromatic carbocycles. The van der Waals surface area contributed by atoms with Gasteiger partial charge in [-0.1, -0.05) is 26.8 Å². The fourth-order valence-electron chi connectivity index (χ4n) is 2.38. The van der Waals surface area contributed by atoms with Gasteiger partial charge < -0.3 is 15.0 Å². The molecule has 1 amide bonds. The summed E-state index contributed by atoms with van der Waals surface area (Å²) in [6.07, 6.45) is 0. The Morgan fingerprint density at radius 3 is 2.70 bits per heavy atom. The van der Waals surface area contributed by atoms with Gasteiger partial charge in [-0.3, -0.25) is 4.79 Å². The zero-order chi connectivity index (χ0) is 14.6. The van der Waals surface area contributed by atoms with Gasteiger partial charge in [-0.15, -0.1) is 11.3 Å². The summed E-state index contributed by atoms with van der Waals surface area (Å²) in [7, 11) is 0. The SMILES string of the molecule is CC(C)(C)C(=O)NC[C@@H](c1cccs1)[NH+]1CCOCC1. The predicted molar refractivity (Wildman–Crippen MR) is 81.0 cm³/mol. The second-order valence-corrected chi connectivity index (χ2v) is 7.28. The molecule has 1 aliphatic heterocycles. The topological polar surface area (TPSA) is 42.8 Å². The van der Waals surface area contributed by atoms with E-state index >= 15 is 0 Å². The quantitative estimate of drug-likeness (QED) is 0.866. The summed E-state index contributed by atoms with van der Waals surface area (Å²) in [5.41, 5.74) is -0.333. The number of thiophene rings is 1. The van der Waals surface area contributed by atoms with Crippen LogP contribution in [0, 0.1) is 5.41 Å². The van der Waals surface area contributed by atoms with Crippen molar-refractivity contribution in [3.8, 4) is 0 Å². The third-order valence-corrected chi connectivity index (χ3v) is 4.65. The molecule has 0 unspecified atom stereocenters. The average molecular weight is 297 g/mol. The van der Waals surface area contributed by atoms with E-state index in [-0.39, 0.29) is 11.3 Å². The third-order valence-electron chi connectivity index (χ3n) is 3.66. The van der Waals surface area contributed by atoms with Crippen molar-refractivity contribution in [1.29, 1.82) is 0 Å². The van der Waals surface area contributed by atoms with Crippen molar-refractivity contribution < 1.29 is 14.4 Å². The molecule has 1 atom stereocenters. The van der Waals surface area contributed by atoms with Crippen molar-refractivity contribution in [2.75, 3.05) is 32.8 Å². The number of ether oxygens (including phenoxy) is 1. The Morgan fingerprint density at radius 2 is 2.15 bits per heavy atom. The van der Waals surface area contributed by atoms with Gasteiger partial charge in [-0.25, -0.2) is 0 Å². The van der Waals surface area contributed by atoms with E-state index in [4.69, 9.17) is 4.74 Å². The molecular formula is C15H25N2O2S+. The van der Waals surface area contributed by atoms with Crippen LogP contribution in [0.4, 0.5) is 0 Å². The highest BCUT2D eigenvalue weighted by molar-refractivity contribution is 7.10. The van der Waals surface area contributed by atoms with E-state index < -0.39 is 0 Å². The van der Waals surface area contributed by atoms with Crippen LogP contribution in [-0.4, -0.2) is 38.8 Å². The molecule has 112 valence electrons. The smallest absolute Gasteiger partial charge is 0.225 e. The number of carbonyl (C=O) groups excluding carboxylic acids is 1. The molecule has 2 N–H and O–H groups in total. The first kappa shape index (κ1) is 15.5. The summed E-state index contributed by atoms with van der Waals surface area (Å²) in [4.78, 5) is 14.9. The fourth-order valence-corrected chi connectivity index (χ4v) is 3.26. The first-order valence-electron chi connectivity index (χ1n) is 7.22. The van der Waals surface area contributed by atoms with Gasteiger partial charge in [0.25, 0.3) is 0 Å². The molecule has 4 nitrogen and oxygen atoms in total. The van der Waals surface area contributed by atoms with Gasteiger partial charge in [0.2, 0.25) is 5.91 Å². The predicted octanol–water partition coefficient (Wildman–Crippen LogP) is 0.867. The van der Waals surface area contributed by atoms with Gasteiger partial charge in [-0.05, 0) is 11.4 Å². The monoisotopic (exact) mass is 297 g/mol. The average Bonchev–Trinajstić information content (AvgIpc) is 2.93. The lowest BCUT2D eigenvalue weighted by atomic mass is 9.95. The number of nitrogens with one attached hydrogen (secondary N) is 2. The van der Waals surface area contributed by atoms with Crippen LogP contribution in [0.1, 0.15) is 31.7 Å². The minimum absolute atomic E-state index is 0.117. The number of hydrogen-bond acceptors (Lipinski definition) is 3. The molecular weight excluding hydrogens is 272 g/mol. The summed E-state index contributed by atoms with van der Waals surface area (Å²) in [6, 6.07) is 4.59. The van der Waals surface area contributed by atoms with Gasteiger partial charge in [-0.2, -0.15) is 0 Å². The molecule has 1 saturated heterocycles. The molecule has 2 heterocycles. The first-order valence-corrected chi connectivity index (χ1v) is 8.10. The van der Waals surface area contributed by atoms with E-state index in [1.165, 1.54) is 9.78 Å². The minimum atomic E-state index is -0.333. The maximum atomic E-state index is 12.1. The van der Waals surface area contributed by atoms with Crippen molar-refractivity contribution >= 4 is 17.2 Å². The molecule has 0 aliphatic carbocycles. The molecule has 1 aliphatic rings. The van der Waals surface area contributed by atoms with Gasteiger partial charge in [0, 0.05) is 5.41 Å². The van der Waals surface area contributed by atoms with Gasteiger partial charge in [0.05, 0.1) is 24.6 Å². The molecule has 1 aromatic rings. The van der Waals surface area contributed by atoms with Crippen molar-refractivity contribution in [2.24, 2.45) is 5.41 Å². The number of amides is 1.